The van der Waals surface area contributed by atoms with Gasteiger partial charge in [-0.25, -0.2) is 0 Å². The standard InChI is InChI=1S/C8H15NO2/c1-9-5-7-2-3-8(4-7,6-10)11-7/h9-10H,2-6H2,1H3. The second kappa shape index (κ2) is 2.19. The lowest BCUT2D eigenvalue weighted by molar-refractivity contribution is -0.231. The normalized spacial score (nSPS) is 47.5. The molecule has 0 aromatic carbocycles. The van der Waals surface area contributed by atoms with Gasteiger partial charge in [-0.3, -0.25) is 0 Å². The molecule has 3 rings (SSSR count). The van der Waals surface area contributed by atoms with Crippen LogP contribution in [0.15, 0.2) is 0 Å². The van der Waals surface area contributed by atoms with E-state index in [9.17, 15) is 0 Å². The van der Waals surface area contributed by atoms with Gasteiger partial charge in [0.15, 0.2) is 0 Å². The third-order valence-corrected chi connectivity index (χ3v) is 2.90. The summed E-state index contributed by atoms with van der Waals surface area (Å²) in [5.41, 5.74) is -0.0612. The molecule has 3 aliphatic rings. The zero-order valence-electron chi connectivity index (χ0n) is 6.89. The molecular weight excluding hydrogens is 142 g/mol. The van der Waals surface area contributed by atoms with Crippen LogP contribution in [0.3, 0.4) is 0 Å². The highest BCUT2D eigenvalue weighted by molar-refractivity contribution is 5.11. The van der Waals surface area contributed by atoms with Crippen molar-refractivity contribution >= 4 is 0 Å². The summed E-state index contributed by atoms with van der Waals surface area (Å²) < 4.78 is 5.70. The minimum absolute atomic E-state index is 0.0808. The number of hydrogen-bond acceptors (Lipinski definition) is 3. The fraction of sp³-hybridized carbons (Fsp3) is 1.00. The van der Waals surface area contributed by atoms with E-state index >= 15 is 0 Å². The Morgan fingerprint density at radius 3 is 2.55 bits per heavy atom. The van der Waals surface area contributed by atoms with Gasteiger partial charge in [-0.2, -0.15) is 0 Å². The van der Waals surface area contributed by atoms with E-state index < -0.39 is 0 Å². The first-order chi connectivity index (χ1) is 5.24. The van der Waals surface area contributed by atoms with Gasteiger partial charge in [0.05, 0.1) is 17.8 Å². The van der Waals surface area contributed by atoms with Crippen molar-refractivity contribution in [2.75, 3.05) is 20.2 Å². The molecule has 0 amide bonds. The highest BCUT2D eigenvalue weighted by Crippen LogP contribution is 2.54. The van der Waals surface area contributed by atoms with Crippen molar-refractivity contribution in [3.63, 3.8) is 0 Å². The first-order valence-corrected chi connectivity index (χ1v) is 4.20. The maximum atomic E-state index is 9.00. The lowest BCUT2D eigenvalue weighted by Gasteiger charge is -2.46. The van der Waals surface area contributed by atoms with Crippen molar-refractivity contribution in [2.45, 2.75) is 30.5 Å². The molecule has 3 heteroatoms. The first-order valence-electron chi connectivity index (χ1n) is 4.20. The summed E-state index contributed by atoms with van der Waals surface area (Å²) in [6.07, 6.45) is 3.18. The van der Waals surface area contributed by atoms with Crippen LogP contribution in [-0.4, -0.2) is 36.5 Å². The Labute approximate surface area is 66.7 Å². The monoisotopic (exact) mass is 157 g/mol. The van der Waals surface area contributed by atoms with Crippen LogP contribution in [-0.2, 0) is 4.74 Å². The molecular formula is C8H15NO2. The van der Waals surface area contributed by atoms with Crippen LogP contribution in [0.5, 0.6) is 0 Å². The Morgan fingerprint density at radius 1 is 1.45 bits per heavy atom. The van der Waals surface area contributed by atoms with E-state index in [1.54, 1.807) is 0 Å². The molecule has 3 nitrogen and oxygen atoms in total. The minimum atomic E-state index is -0.142. The Hall–Kier alpha value is -0.120. The van der Waals surface area contributed by atoms with E-state index in [0.717, 1.165) is 25.8 Å². The van der Waals surface area contributed by atoms with E-state index in [4.69, 9.17) is 9.84 Å². The van der Waals surface area contributed by atoms with Crippen molar-refractivity contribution in [1.29, 1.82) is 0 Å². The predicted molar refractivity (Wildman–Crippen MR) is 41.4 cm³/mol. The Kier molecular flexibility index (Phi) is 1.50. The largest absolute Gasteiger partial charge is 0.393 e. The molecule has 2 saturated heterocycles. The molecule has 0 aromatic heterocycles. The summed E-state index contributed by atoms with van der Waals surface area (Å²) in [5.74, 6) is 0. The van der Waals surface area contributed by atoms with E-state index in [1.807, 2.05) is 7.05 Å². The van der Waals surface area contributed by atoms with Gasteiger partial charge in [0.1, 0.15) is 0 Å². The van der Waals surface area contributed by atoms with Gasteiger partial charge in [-0.05, 0) is 19.9 Å². The molecule has 3 fully saturated rings. The van der Waals surface area contributed by atoms with E-state index in [2.05, 4.69) is 5.32 Å². The van der Waals surface area contributed by atoms with Gasteiger partial charge in [0, 0.05) is 13.0 Å². The summed E-state index contributed by atoms with van der Waals surface area (Å²) in [5, 5.41) is 12.1. The average Bonchev–Trinajstić information content (AvgIpc) is 2.43. The highest BCUT2D eigenvalue weighted by atomic mass is 16.6. The maximum absolute atomic E-state index is 9.00. The van der Waals surface area contributed by atoms with Gasteiger partial charge >= 0.3 is 0 Å². The summed E-state index contributed by atoms with van der Waals surface area (Å²) in [4.78, 5) is 0. The molecule has 2 N–H and O–H groups in total. The molecule has 0 spiro atoms. The van der Waals surface area contributed by atoms with Crippen LogP contribution >= 0.6 is 0 Å². The van der Waals surface area contributed by atoms with Crippen molar-refractivity contribution in [1.82, 2.24) is 5.32 Å². The quantitative estimate of drug-likeness (QED) is 0.600. The van der Waals surface area contributed by atoms with Crippen molar-refractivity contribution < 1.29 is 9.84 Å². The molecule has 64 valence electrons. The summed E-state index contributed by atoms with van der Waals surface area (Å²) in [6, 6.07) is 0. The summed E-state index contributed by atoms with van der Waals surface area (Å²) in [6.45, 7) is 1.12. The predicted octanol–water partition coefficient (Wildman–Crippen LogP) is -0.110. The number of nitrogens with one attached hydrogen (secondary N) is 1. The van der Waals surface area contributed by atoms with Crippen LogP contribution in [0.25, 0.3) is 0 Å². The zero-order chi connectivity index (χ0) is 7.95. The number of ether oxygens (including phenoxy) is 1. The molecule has 2 unspecified atom stereocenters. The number of aliphatic hydroxyl groups is 1. The Morgan fingerprint density at radius 2 is 2.09 bits per heavy atom. The highest BCUT2D eigenvalue weighted by Gasteiger charge is 2.61. The lowest BCUT2D eigenvalue weighted by Crippen LogP contribution is -2.57. The second-order valence-electron chi connectivity index (χ2n) is 3.83. The lowest BCUT2D eigenvalue weighted by atomic mass is 9.89. The second-order valence-corrected chi connectivity index (χ2v) is 3.83. The summed E-state index contributed by atoms with van der Waals surface area (Å²) in [7, 11) is 1.94. The minimum Gasteiger partial charge on any atom is -0.393 e. The van der Waals surface area contributed by atoms with Crippen molar-refractivity contribution in [2.24, 2.45) is 0 Å². The van der Waals surface area contributed by atoms with Gasteiger partial charge in [-0.15, -0.1) is 0 Å². The number of fused-ring (bicyclic) bond motifs is 1. The fourth-order valence-electron chi connectivity index (χ4n) is 2.45. The van der Waals surface area contributed by atoms with Crippen molar-refractivity contribution in [3.8, 4) is 0 Å². The molecule has 2 bridgehead atoms. The van der Waals surface area contributed by atoms with Crippen molar-refractivity contribution in [3.05, 3.63) is 0 Å². The molecule has 0 aromatic rings. The van der Waals surface area contributed by atoms with Crippen LogP contribution < -0.4 is 5.32 Å². The molecule has 1 saturated carbocycles. The topological polar surface area (TPSA) is 41.5 Å². The van der Waals surface area contributed by atoms with Gasteiger partial charge in [-0.1, -0.05) is 0 Å². The SMILES string of the molecule is CNCC12CCC(CO)(C1)O2. The zero-order valence-corrected chi connectivity index (χ0v) is 6.89. The molecule has 1 aliphatic carbocycles. The van der Waals surface area contributed by atoms with E-state index in [-0.39, 0.29) is 17.8 Å². The molecule has 2 aliphatic heterocycles. The molecule has 0 radical (unpaired) electrons. The third kappa shape index (κ3) is 0.916. The van der Waals surface area contributed by atoms with Gasteiger partial charge in [0.2, 0.25) is 0 Å². The van der Waals surface area contributed by atoms with Gasteiger partial charge in [0.25, 0.3) is 0 Å². The summed E-state index contributed by atoms with van der Waals surface area (Å²) >= 11 is 0. The molecule has 2 atom stereocenters. The Balaban J connectivity index is 1.97. The van der Waals surface area contributed by atoms with Crippen LogP contribution in [0.2, 0.25) is 0 Å². The maximum Gasteiger partial charge on any atom is 0.0949 e. The average molecular weight is 157 g/mol. The molecule has 2 heterocycles. The van der Waals surface area contributed by atoms with E-state index in [1.165, 1.54) is 0 Å². The van der Waals surface area contributed by atoms with E-state index in [0.29, 0.717) is 0 Å². The first kappa shape index (κ1) is 7.53. The van der Waals surface area contributed by atoms with Crippen LogP contribution in [0.4, 0.5) is 0 Å². The van der Waals surface area contributed by atoms with Crippen LogP contribution in [0, 0.1) is 0 Å². The molecule has 11 heavy (non-hydrogen) atoms. The van der Waals surface area contributed by atoms with Crippen LogP contribution in [0.1, 0.15) is 19.3 Å². The number of hydrogen-bond donors (Lipinski definition) is 2. The number of rotatable bonds is 3. The Bertz CT molecular complexity index is 163. The third-order valence-electron chi connectivity index (χ3n) is 2.90. The smallest absolute Gasteiger partial charge is 0.0949 e. The number of likely N-dealkylation sites (N-methyl/N-ethyl adjacent to an activating group) is 1. The number of aliphatic hydroxyl groups excluding tert-OH is 1. The fourth-order valence-corrected chi connectivity index (χ4v) is 2.45. The van der Waals surface area contributed by atoms with Gasteiger partial charge < -0.3 is 15.2 Å².